The maximum atomic E-state index is 6.20. The minimum Gasteiger partial charge on any atom is -0.384 e. The maximum absolute atomic E-state index is 6.20. The van der Waals surface area contributed by atoms with E-state index < -0.39 is 0 Å². The average molecular weight is 259 g/mol. The predicted octanol–water partition coefficient (Wildman–Crippen LogP) is 3.21. The molecule has 0 amide bonds. The first kappa shape index (κ1) is 14.0. The molecule has 0 aliphatic carbocycles. The Hall–Kier alpha value is -0.0300. The lowest BCUT2D eigenvalue weighted by Gasteiger charge is -2.22. The van der Waals surface area contributed by atoms with Crippen molar-refractivity contribution in [3.05, 3.63) is 21.9 Å². The van der Waals surface area contributed by atoms with Crippen LogP contribution in [-0.2, 0) is 4.74 Å². The number of hydrogen-bond donors (Lipinski definition) is 1. The van der Waals surface area contributed by atoms with Crippen LogP contribution in [0.1, 0.15) is 29.0 Å². The molecule has 2 nitrogen and oxygen atoms in total. The normalized spacial score (nSPS) is 15.0. The van der Waals surface area contributed by atoms with Crippen LogP contribution in [0.25, 0.3) is 0 Å². The van der Waals surface area contributed by atoms with Crippen molar-refractivity contribution in [2.24, 2.45) is 5.73 Å². The van der Waals surface area contributed by atoms with E-state index in [4.69, 9.17) is 10.5 Å². The monoisotopic (exact) mass is 259 g/mol. The van der Waals surface area contributed by atoms with Gasteiger partial charge >= 0.3 is 0 Å². The number of aryl methyl sites for hydroxylation is 1. The molecule has 0 aliphatic rings. The third-order valence-electron chi connectivity index (χ3n) is 2.61. The number of hydrogen-bond acceptors (Lipinski definition) is 4. The van der Waals surface area contributed by atoms with E-state index in [1.165, 1.54) is 10.4 Å². The second-order valence-electron chi connectivity index (χ2n) is 3.82. The highest BCUT2D eigenvalue weighted by Gasteiger charge is 2.21. The molecule has 1 aromatic rings. The largest absolute Gasteiger partial charge is 0.384 e. The number of ether oxygens (including phenoxy) is 1. The van der Waals surface area contributed by atoms with Crippen LogP contribution in [0.2, 0.25) is 0 Å². The van der Waals surface area contributed by atoms with Crippen molar-refractivity contribution in [3.63, 3.8) is 0 Å². The number of thioether (sulfide) groups is 1. The second kappa shape index (κ2) is 7.33. The van der Waals surface area contributed by atoms with Gasteiger partial charge < -0.3 is 10.5 Å². The van der Waals surface area contributed by atoms with Gasteiger partial charge in [0.25, 0.3) is 0 Å². The minimum absolute atomic E-state index is 0.235. The van der Waals surface area contributed by atoms with Gasteiger partial charge in [-0.05, 0) is 30.4 Å². The van der Waals surface area contributed by atoms with Crippen molar-refractivity contribution >= 4 is 23.1 Å². The highest BCUT2D eigenvalue weighted by atomic mass is 32.2. The van der Waals surface area contributed by atoms with Gasteiger partial charge in [0.1, 0.15) is 0 Å². The van der Waals surface area contributed by atoms with Crippen molar-refractivity contribution in [2.75, 3.05) is 19.5 Å². The van der Waals surface area contributed by atoms with Crippen LogP contribution in [0.4, 0.5) is 0 Å². The molecule has 1 aromatic heterocycles. The summed E-state index contributed by atoms with van der Waals surface area (Å²) in [4.78, 5) is 1.43. The summed E-state index contributed by atoms with van der Waals surface area (Å²) < 4.78 is 5.09. The van der Waals surface area contributed by atoms with Crippen LogP contribution >= 0.6 is 23.1 Å². The fraction of sp³-hybridized carbons (Fsp3) is 0.667. The summed E-state index contributed by atoms with van der Waals surface area (Å²) in [5.41, 5.74) is 7.57. The van der Waals surface area contributed by atoms with E-state index >= 15 is 0 Å². The fourth-order valence-electron chi connectivity index (χ4n) is 1.54. The molecule has 0 saturated heterocycles. The predicted molar refractivity (Wildman–Crippen MR) is 74.4 cm³/mol. The Morgan fingerprint density at radius 1 is 1.56 bits per heavy atom. The molecule has 1 rings (SSSR count). The number of methoxy groups -OCH3 is 1. The Balaban J connectivity index is 2.68. The summed E-state index contributed by atoms with van der Waals surface area (Å²) in [5.74, 6) is 1.01. The van der Waals surface area contributed by atoms with Crippen LogP contribution < -0.4 is 5.73 Å². The lowest BCUT2D eigenvalue weighted by atomic mass is 10.1. The number of rotatable bonds is 7. The Kier molecular flexibility index (Phi) is 6.43. The lowest BCUT2D eigenvalue weighted by molar-refractivity contribution is 0.218. The minimum atomic E-state index is 0.235. The molecule has 2 N–H and O–H groups in total. The first-order chi connectivity index (χ1) is 7.70. The van der Waals surface area contributed by atoms with E-state index in [0.29, 0.717) is 5.25 Å². The Bertz CT molecular complexity index is 301. The summed E-state index contributed by atoms with van der Waals surface area (Å²) in [6.07, 6.45) is 1.02. The van der Waals surface area contributed by atoms with E-state index in [2.05, 4.69) is 25.3 Å². The van der Waals surface area contributed by atoms with Gasteiger partial charge in [-0.15, -0.1) is 23.1 Å². The lowest BCUT2D eigenvalue weighted by Crippen LogP contribution is -2.26. The molecule has 92 valence electrons. The molecule has 0 spiro atoms. The Labute approximate surface area is 107 Å². The second-order valence-corrected chi connectivity index (χ2v) is 6.02. The standard InChI is InChI=1S/C12H21NOS2/c1-4-10(13)12(16-8-6-14-3)11-9(2)5-7-15-11/h5,7,10,12H,4,6,8,13H2,1-3H3. The zero-order chi connectivity index (χ0) is 12.0. The van der Waals surface area contributed by atoms with E-state index in [-0.39, 0.29) is 6.04 Å². The van der Waals surface area contributed by atoms with Gasteiger partial charge in [0.05, 0.1) is 11.9 Å². The zero-order valence-corrected chi connectivity index (χ0v) is 11.9. The smallest absolute Gasteiger partial charge is 0.0553 e. The van der Waals surface area contributed by atoms with Crippen molar-refractivity contribution in [3.8, 4) is 0 Å². The molecule has 0 fully saturated rings. The summed E-state index contributed by atoms with van der Waals surface area (Å²) >= 11 is 3.73. The molecule has 0 bridgehead atoms. The van der Waals surface area contributed by atoms with Crippen molar-refractivity contribution in [2.45, 2.75) is 31.6 Å². The molecule has 0 aromatic carbocycles. The van der Waals surface area contributed by atoms with Crippen LogP contribution in [0.5, 0.6) is 0 Å². The Morgan fingerprint density at radius 2 is 2.31 bits per heavy atom. The van der Waals surface area contributed by atoms with Gasteiger partial charge in [0.2, 0.25) is 0 Å². The molecule has 0 radical (unpaired) electrons. The molecule has 2 atom stereocenters. The topological polar surface area (TPSA) is 35.2 Å². The SMILES string of the molecule is CCC(N)C(SCCOC)c1sccc1C. The van der Waals surface area contributed by atoms with Gasteiger partial charge in [0, 0.05) is 23.8 Å². The first-order valence-electron chi connectivity index (χ1n) is 5.60. The summed E-state index contributed by atoms with van der Waals surface area (Å²) in [6, 6.07) is 2.41. The highest BCUT2D eigenvalue weighted by molar-refractivity contribution is 7.99. The summed E-state index contributed by atoms with van der Waals surface area (Å²) in [5, 5.41) is 2.57. The van der Waals surface area contributed by atoms with Crippen LogP contribution in [0.3, 0.4) is 0 Å². The third-order valence-corrected chi connectivity index (χ3v) is 5.20. The zero-order valence-electron chi connectivity index (χ0n) is 10.2. The van der Waals surface area contributed by atoms with E-state index in [0.717, 1.165) is 18.8 Å². The van der Waals surface area contributed by atoms with Crippen LogP contribution in [0, 0.1) is 6.92 Å². The molecule has 1 heterocycles. The Morgan fingerprint density at radius 3 is 2.81 bits per heavy atom. The van der Waals surface area contributed by atoms with E-state index in [9.17, 15) is 0 Å². The van der Waals surface area contributed by atoms with Gasteiger partial charge in [-0.1, -0.05) is 6.92 Å². The molecule has 2 unspecified atom stereocenters. The molecule has 0 saturated carbocycles. The molecule has 0 aliphatic heterocycles. The summed E-state index contributed by atoms with van der Waals surface area (Å²) in [6.45, 7) is 5.11. The third kappa shape index (κ3) is 3.77. The molecule has 4 heteroatoms. The quantitative estimate of drug-likeness (QED) is 0.764. The summed E-state index contributed by atoms with van der Waals surface area (Å²) in [7, 11) is 1.74. The molecular weight excluding hydrogens is 238 g/mol. The van der Waals surface area contributed by atoms with Crippen molar-refractivity contribution in [1.29, 1.82) is 0 Å². The van der Waals surface area contributed by atoms with Gasteiger partial charge in [-0.25, -0.2) is 0 Å². The van der Waals surface area contributed by atoms with Gasteiger partial charge in [-0.2, -0.15) is 0 Å². The first-order valence-corrected chi connectivity index (χ1v) is 7.53. The molecular formula is C12H21NOS2. The van der Waals surface area contributed by atoms with E-state index in [1.807, 2.05) is 23.1 Å². The fourth-order valence-corrected chi connectivity index (χ4v) is 4.19. The molecule has 16 heavy (non-hydrogen) atoms. The van der Waals surface area contributed by atoms with E-state index in [1.54, 1.807) is 7.11 Å². The van der Waals surface area contributed by atoms with Crippen molar-refractivity contribution < 1.29 is 4.74 Å². The highest BCUT2D eigenvalue weighted by Crippen LogP contribution is 2.37. The number of thiophene rings is 1. The van der Waals surface area contributed by atoms with Gasteiger partial charge in [0.15, 0.2) is 0 Å². The van der Waals surface area contributed by atoms with Gasteiger partial charge in [-0.3, -0.25) is 0 Å². The van der Waals surface area contributed by atoms with Crippen LogP contribution in [0.15, 0.2) is 11.4 Å². The average Bonchev–Trinajstić information content (AvgIpc) is 2.70. The van der Waals surface area contributed by atoms with Crippen LogP contribution in [-0.4, -0.2) is 25.5 Å². The van der Waals surface area contributed by atoms with Crippen molar-refractivity contribution in [1.82, 2.24) is 0 Å². The number of nitrogens with two attached hydrogens (primary N) is 1. The maximum Gasteiger partial charge on any atom is 0.0553 e.